The molecule has 0 bridgehead atoms. The van der Waals surface area contributed by atoms with Crippen LogP contribution in [-0.4, -0.2) is 10.9 Å². The highest BCUT2D eigenvalue weighted by molar-refractivity contribution is 5.98. The van der Waals surface area contributed by atoms with Gasteiger partial charge in [-0.15, -0.1) is 0 Å². The minimum absolute atomic E-state index is 0.119. The summed E-state index contributed by atoms with van der Waals surface area (Å²) >= 11 is 0. The van der Waals surface area contributed by atoms with Gasteiger partial charge in [-0.1, -0.05) is 103 Å². The number of unbranched alkanes of at least 4 members (excludes halogenated alkanes) is 1. The molecular weight excluding hydrogens is 471 g/mol. The standard InChI is InChI=1S/C35H55FO2/c1-3-5-6-25-7-9-26(10-8-25)11-12-27-13-18-29(19-14-27)30-20-15-28(16-21-30)17-22-31-23-24-32(33(37)4-2)35(38)34(31)36/h23-30,38H,3-22H2,1-2H3. The van der Waals surface area contributed by atoms with E-state index in [0.29, 0.717) is 17.9 Å². The second kappa shape index (κ2) is 14.8. The number of carbonyl (C=O) groups excluding carboxylic acids is 1. The van der Waals surface area contributed by atoms with Crippen molar-refractivity contribution in [2.45, 2.75) is 142 Å². The van der Waals surface area contributed by atoms with Gasteiger partial charge < -0.3 is 5.11 Å². The van der Waals surface area contributed by atoms with Gasteiger partial charge in [-0.2, -0.15) is 0 Å². The van der Waals surface area contributed by atoms with E-state index < -0.39 is 11.6 Å². The average molecular weight is 527 g/mol. The molecule has 214 valence electrons. The molecule has 0 amide bonds. The number of aromatic hydroxyl groups is 1. The number of rotatable bonds is 12. The van der Waals surface area contributed by atoms with Crippen LogP contribution in [0.5, 0.6) is 5.75 Å². The SMILES string of the molecule is CCCCC1CCC(CCC2CCC(C3CCC(CCc4ccc(C(=O)CC)c(O)c4F)CC3)CC2)CC1. The number of phenols is 1. The smallest absolute Gasteiger partial charge is 0.168 e. The number of phenolic OH excluding ortho intramolecular Hbond substituents is 1. The van der Waals surface area contributed by atoms with Crippen molar-refractivity contribution < 1.29 is 14.3 Å². The van der Waals surface area contributed by atoms with E-state index in [1.54, 1.807) is 19.1 Å². The third kappa shape index (κ3) is 8.07. The number of aryl methyl sites for hydroxylation is 1. The molecule has 0 aromatic heterocycles. The van der Waals surface area contributed by atoms with E-state index in [0.717, 1.165) is 36.0 Å². The monoisotopic (exact) mass is 526 g/mol. The largest absolute Gasteiger partial charge is 0.504 e. The van der Waals surface area contributed by atoms with E-state index in [4.69, 9.17) is 0 Å². The summed E-state index contributed by atoms with van der Waals surface area (Å²) in [6.45, 7) is 4.06. The third-order valence-electron chi connectivity index (χ3n) is 11.0. The summed E-state index contributed by atoms with van der Waals surface area (Å²) in [5, 5.41) is 10.2. The topological polar surface area (TPSA) is 37.3 Å². The number of carbonyl (C=O) groups is 1. The van der Waals surface area contributed by atoms with E-state index in [1.165, 1.54) is 109 Å². The minimum atomic E-state index is -0.589. The van der Waals surface area contributed by atoms with E-state index in [2.05, 4.69) is 6.92 Å². The van der Waals surface area contributed by atoms with Crippen molar-refractivity contribution in [2.75, 3.05) is 0 Å². The molecule has 3 saturated carbocycles. The van der Waals surface area contributed by atoms with E-state index in [-0.39, 0.29) is 17.8 Å². The summed E-state index contributed by atoms with van der Waals surface area (Å²) in [4.78, 5) is 11.9. The lowest BCUT2D eigenvalue weighted by Crippen LogP contribution is -2.26. The van der Waals surface area contributed by atoms with Gasteiger partial charge in [-0.05, 0) is 85.7 Å². The maximum atomic E-state index is 14.7. The molecule has 1 aromatic rings. The Labute approximate surface area is 232 Å². The van der Waals surface area contributed by atoms with Crippen LogP contribution in [0.1, 0.15) is 152 Å². The van der Waals surface area contributed by atoms with Crippen molar-refractivity contribution in [3.8, 4) is 5.75 Å². The quantitative estimate of drug-likeness (QED) is 0.275. The van der Waals surface area contributed by atoms with Crippen LogP contribution in [0.2, 0.25) is 0 Å². The van der Waals surface area contributed by atoms with Gasteiger partial charge in [0.15, 0.2) is 17.3 Å². The van der Waals surface area contributed by atoms with Gasteiger partial charge in [0.2, 0.25) is 0 Å². The first-order valence-corrected chi connectivity index (χ1v) is 16.5. The Morgan fingerprint density at radius 2 is 1.21 bits per heavy atom. The van der Waals surface area contributed by atoms with Gasteiger partial charge in [-0.3, -0.25) is 4.79 Å². The maximum Gasteiger partial charge on any atom is 0.168 e. The average Bonchev–Trinajstić information content (AvgIpc) is 2.96. The predicted octanol–water partition coefficient (Wildman–Crippen LogP) is 10.4. The van der Waals surface area contributed by atoms with Crippen molar-refractivity contribution in [1.82, 2.24) is 0 Å². The Morgan fingerprint density at radius 3 is 1.71 bits per heavy atom. The highest BCUT2D eigenvalue weighted by Gasteiger charge is 2.31. The van der Waals surface area contributed by atoms with E-state index in [9.17, 15) is 14.3 Å². The zero-order chi connectivity index (χ0) is 26.9. The van der Waals surface area contributed by atoms with Crippen molar-refractivity contribution in [1.29, 1.82) is 0 Å². The normalized spacial score (nSPS) is 30.3. The Hall–Kier alpha value is -1.38. The number of Topliss-reactive ketones (excluding diaryl/α,β-unsaturated/α-hetero) is 1. The van der Waals surface area contributed by atoms with E-state index in [1.807, 2.05) is 0 Å². The molecule has 1 aromatic carbocycles. The van der Waals surface area contributed by atoms with Crippen LogP contribution < -0.4 is 0 Å². The molecule has 0 saturated heterocycles. The van der Waals surface area contributed by atoms with Crippen molar-refractivity contribution in [3.63, 3.8) is 0 Å². The number of hydrogen-bond donors (Lipinski definition) is 1. The number of ketones is 1. The molecule has 3 heteroatoms. The molecule has 4 rings (SSSR count). The van der Waals surface area contributed by atoms with Crippen LogP contribution in [-0.2, 0) is 6.42 Å². The lowest BCUT2D eigenvalue weighted by atomic mass is 9.67. The van der Waals surface area contributed by atoms with Crippen LogP contribution in [0.25, 0.3) is 0 Å². The molecule has 1 N–H and O–H groups in total. The fraction of sp³-hybridized carbons (Fsp3) is 0.800. The first-order valence-electron chi connectivity index (χ1n) is 16.5. The fourth-order valence-electron chi connectivity index (χ4n) is 8.24. The Bertz CT molecular complexity index is 855. The van der Waals surface area contributed by atoms with Crippen LogP contribution in [0.15, 0.2) is 12.1 Å². The van der Waals surface area contributed by atoms with Crippen LogP contribution in [0.3, 0.4) is 0 Å². The molecular formula is C35H55FO2. The summed E-state index contributed by atoms with van der Waals surface area (Å²) in [5.41, 5.74) is 0.675. The fourth-order valence-corrected chi connectivity index (χ4v) is 8.24. The molecule has 0 unspecified atom stereocenters. The molecule has 0 radical (unpaired) electrons. The van der Waals surface area contributed by atoms with Crippen LogP contribution in [0.4, 0.5) is 4.39 Å². The lowest BCUT2D eigenvalue weighted by Gasteiger charge is -2.38. The Kier molecular flexibility index (Phi) is 11.6. The Balaban J connectivity index is 1.11. The summed E-state index contributed by atoms with van der Waals surface area (Å²) in [7, 11) is 0. The second-order valence-electron chi connectivity index (χ2n) is 13.4. The predicted molar refractivity (Wildman–Crippen MR) is 156 cm³/mol. The molecule has 3 aliphatic carbocycles. The lowest BCUT2D eigenvalue weighted by molar-refractivity contribution is 0.0984. The van der Waals surface area contributed by atoms with Crippen molar-refractivity contribution >= 4 is 5.78 Å². The molecule has 38 heavy (non-hydrogen) atoms. The van der Waals surface area contributed by atoms with Gasteiger partial charge in [0.05, 0.1) is 5.56 Å². The summed E-state index contributed by atoms with van der Waals surface area (Å²) in [5.74, 6) is 4.32. The van der Waals surface area contributed by atoms with Crippen LogP contribution >= 0.6 is 0 Å². The molecule has 0 atom stereocenters. The molecule has 3 fully saturated rings. The molecule has 3 aliphatic rings. The van der Waals surface area contributed by atoms with Crippen LogP contribution in [0, 0.1) is 41.3 Å². The molecule has 0 aliphatic heterocycles. The number of halogens is 1. The van der Waals surface area contributed by atoms with Gasteiger partial charge in [0.25, 0.3) is 0 Å². The third-order valence-corrected chi connectivity index (χ3v) is 11.0. The van der Waals surface area contributed by atoms with E-state index >= 15 is 0 Å². The zero-order valence-corrected chi connectivity index (χ0v) is 24.5. The van der Waals surface area contributed by atoms with Gasteiger partial charge in [0.1, 0.15) is 0 Å². The summed E-state index contributed by atoms with van der Waals surface area (Å²) < 4.78 is 14.7. The molecule has 0 spiro atoms. The zero-order valence-electron chi connectivity index (χ0n) is 24.5. The number of benzene rings is 1. The van der Waals surface area contributed by atoms with Gasteiger partial charge in [-0.25, -0.2) is 4.39 Å². The highest BCUT2D eigenvalue weighted by atomic mass is 19.1. The van der Waals surface area contributed by atoms with Gasteiger partial charge in [0, 0.05) is 6.42 Å². The van der Waals surface area contributed by atoms with Gasteiger partial charge >= 0.3 is 0 Å². The first-order chi connectivity index (χ1) is 18.5. The minimum Gasteiger partial charge on any atom is -0.504 e. The van der Waals surface area contributed by atoms with Crippen molar-refractivity contribution in [2.24, 2.45) is 35.5 Å². The Morgan fingerprint density at radius 1 is 0.737 bits per heavy atom. The molecule has 0 heterocycles. The highest BCUT2D eigenvalue weighted by Crippen LogP contribution is 2.44. The van der Waals surface area contributed by atoms with Crippen molar-refractivity contribution in [3.05, 3.63) is 29.1 Å². The second-order valence-corrected chi connectivity index (χ2v) is 13.4. The summed E-state index contributed by atoms with van der Waals surface area (Å²) in [6.07, 6.45) is 26.3. The first kappa shape index (κ1) is 29.6. The molecule has 2 nitrogen and oxygen atoms in total. The number of hydrogen-bond acceptors (Lipinski definition) is 2. The maximum absolute atomic E-state index is 14.7. The summed E-state index contributed by atoms with van der Waals surface area (Å²) in [6, 6.07) is 3.31.